The first kappa shape index (κ1) is 13.5. The molecule has 0 bridgehead atoms. The molecule has 1 saturated heterocycles. The molecule has 3 atom stereocenters. The van der Waals surface area contributed by atoms with Gasteiger partial charge in [0.25, 0.3) is 0 Å². The number of aliphatic hydroxyl groups is 1. The second-order valence-electron chi connectivity index (χ2n) is 6.69. The Morgan fingerprint density at radius 1 is 0.880 bits per heavy atom. The van der Waals surface area contributed by atoms with E-state index in [-0.39, 0.29) is 5.75 Å². The van der Waals surface area contributed by atoms with Crippen LogP contribution < -0.4 is 9.47 Å². The van der Waals surface area contributed by atoms with Gasteiger partial charge in [0.05, 0.1) is 5.39 Å². The molecule has 0 radical (unpaired) electrons. The first-order valence-electron chi connectivity index (χ1n) is 8.25. The molecule has 1 spiro atoms. The predicted molar refractivity (Wildman–Crippen MR) is 88.6 cm³/mol. The standard InChI is InChI=1S/C20H14O5/c21-12-7-3-6-11-16(12)17(22)18-19(23-18)20(11)24-13-8-1-4-10-5-2-9-14(25-20)15(10)13/h1-9,17-19,21-22H/t17-,18+,19+/m1/s1. The van der Waals surface area contributed by atoms with Gasteiger partial charge in [-0.15, -0.1) is 0 Å². The van der Waals surface area contributed by atoms with Gasteiger partial charge < -0.3 is 24.4 Å². The van der Waals surface area contributed by atoms with Crippen LogP contribution in [0.5, 0.6) is 17.2 Å². The third-order valence-electron chi connectivity index (χ3n) is 5.32. The summed E-state index contributed by atoms with van der Waals surface area (Å²) >= 11 is 0. The Morgan fingerprint density at radius 3 is 2.28 bits per heavy atom. The molecular weight excluding hydrogens is 320 g/mol. The number of phenols is 1. The molecule has 0 aromatic heterocycles. The van der Waals surface area contributed by atoms with Crippen molar-refractivity contribution in [2.75, 3.05) is 0 Å². The third-order valence-corrected chi connectivity index (χ3v) is 5.32. The summed E-state index contributed by atoms with van der Waals surface area (Å²) in [5.41, 5.74) is 1.01. The summed E-state index contributed by atoms with van der Waals surface area (Å²) in [5.74, 6) is 0.224. The molecule has 2 heterocycles. The Labute approximate surface area is 143 Å². The number of phenolic OH excluding ortho intramolecular Hbond substituents is 1. The number of hydrogen-bond acceptors (Lipinski definition) is 5. The molecule has 25 heavy (non-hydrogen) atoms. The summed E-state index contributed by atoms with van der Waals surface area (Å²) < 4.78 is 18.4. The highest BCUT2D eigenvalue weighted by atomic mass is 16.8. The van der Waals surface area contributed by atoms with Crippen LogP contribution in [-0.4, -0.2) is 22.4 Å². The van der Waals surface area contributed by atoms with Crippen molar-refractivity contribution in [2.24, 2.45) is 0 Å². The van der Waals surface area contributed by atoms with E-state index in [1.165, 1.54) is 0 Å². The number of aromatic hydroxyl groups is 1. The maximum atomic E-state index is 10.5. The van der Waals surface area contributed by atoms with E-state index in [9.17, 15) is 10.2 Å². The minimum Gasteiger partial charge on any atom is -0.508 e. The lowest BCUT2D eigenvalue weighted by Gasteiger charge is -2.41. The van der Waals surface area contributed by atoms with Crippen LogP contribution in [0.25, 0.3) is 10.8 Å². The van der Waals surface area contributed by atoms with Crippen molar-refractivity contribution >= 4 is 10.8 Å². The normalized spacial score (nSPS) is 27.2. The van der Waals surface area contributed by atoms with Gasteiger partial charge in [0.1, 0.15) is 29.5 Å². The summed E-state index contributed by atoms with van der Waals surface area (Å²) in [6.45, 7) is 0. The first-order chi connectivity index (χ1) is 12.2. The molecular formula is C20H14O5. The molecule has 5 heteroatoms. The number of ether oxygens (including phenoxy) is 3. The molecule has 1 aliphatic carbocycles. The summed E-state index contributed by atoms with van der Waals surface area (Å²) in [6.07, 6.45) is -1.78. The Morgan fingerprint density at radius 2 is 1.56 bits per heavy atom. The summed E-state index contributed by atoms with van der Waals surface area (Å²) in [5, 5.41) is 22.8. The van der Waals surface area contributed by atoms with Crippen molar-refractivity contribution in [3.8, 4) is 17.2 Å². The molecule has 2 aliphatic heterocycles. The van der Waals surface area contributed by atoms with E-state index >= 15 is 0 Å². The Bertz CT molecular complexity index is 1000. The molecule has 2 N–H and O–H groups in total. The molecule has 124 valence electrons. The summed E-state index contributed by atoms with van der Waals surface area (Å²) in [7, 11) is 0. The molecule has 0 saturated carbocycles. The zero-order chi connectivity index (χ0) is 16.8. The summed E-state index contributed by atoms with van der Waals surface area (Å²) in [6, 6.07) is 16.8. The van der Waals surface area contributed by atoms with Gasteiger partial charge in [-0.2, -0.15) is 0 Å². The van der Waals surface area contributed by atoms with Crippen LogP contribution >= 0.6 is 0 Å². The van der Waals surface area contributed by atoms with Gasteiger partial charge in [-0.1, -0.05) is 36.4 Å². The minimum atomic E-state index is -1.21. The fourth-order valence-corrected chi connectivity index (χ4v) is 4.17. The van der Waals surface area contributed by atoms with Crippen LogP contribution in [-0.2, 0) is 10.5 Å². The van der Waals surface area contributed by atoms with Crippen LogP contribution in [0.1, 0.15) is 17.2 Å². The van der Waals surface area contributed by atoms with Crippen molar-refractivity contribution < 1.29 is 24.4 Å². The molecule has 5 nitrogen and oxygen atoms in total. The van der Waals surface area contributed by atoms with E-state index in [4.69, 9.17) is 14.2 Å². The van der Waals surface area contributed by atoms with Crippen LogP contribution in [0.3, 0.4) is 0 Å². The van der Waals surface area contributed by atoms with E-state index in [1.54, 1.807) is 12.1 Å². The van der Waals surface area contributed by atoms with Gasteiger partial charge >= 0.3 is 5.79 Å². The number of hydrogen-bond donors (Lipinski definition) is 2. The quantitative estimate of drug-likeness (QED) is 0.619. The highest BCUT2D eigenvalue weighted by Crippen LogP contribution is 2.58. The largest absolute Gasteiger partial charge is 0.508 e. The summed E-state index contributed by atoms with van der Waals surface area (Å²) in [4.78, 5) is 0. The predicted octanol–water partition coefficient (Wildman–Crippen LogP) is 2.98. The molecule has 0 unspecified atom stereocenters. The average Bonchev–Trinajstić information content (AvgIpc) is 3.42. The zero-order valence-electron chi connectivity index (χ0n) is 13.0. The van der Waals surface area contributed by atoms with Crippen molar-refractivity contribution in [3.05, 3.63) is 65.7 Å². The molecule has 0 amide bonds. The lowest BCUT2D eigenvalue weighted by molar-refractivity contribution is -0.148. The smallest absolute Gasteiger partial charge is 0.307 e. The van der Waals surface area contributed by atoms with Crippen LogP contribution in [0.4, 0.5) is 0 Å². The molecule has 6 rings (SSSR count). The zero-order valence-corrected chi connectivity index (χ0v) is 13.0. The van der Waals surface area contributed by atoms with Gasteiger partial charge in [-0.3, -0.25) is 0 Å². The highest BCUT2D eigenvalue weighted by Gasteiger charge is 2.68. The van der Waals surface area contributed by atoms with Crippen LogP contribution in [0.2, 0.25) is 0 Å². The van der Waals surface area contributed by atoms with E-state index in [2.05, 4.69) is 0 Å². The van der Waals surface area contributed by atoms with E-state index in [0.717, 1.165) is 10.8 Å². The van der Waals surface area contributed by atoms with Crippen LogP contribution in [0, 0.1) is 0 Å². The van der Waals surface area contributed by atoms with Crippen molar-refractivity contribution in [3.63, 3.8) is 0 Å². The lowest BCUT2D eigenvalue weighted by Crippen LogP contribution is -2.50. The number of rotatable bonds is 0. The maximum absolute atomic E-state index is 10.5. The number of aliphatic hydroxyl groups excluding tert-OH is 1. The monoisotopic (exact) mass is 334 g/mol. The van der Waals surface area contributed by atoms with Gasteiger partial charge in [-0.05, 0) is 23.6 Å². The molecule has 3 aromatic rings. The average molecular weight is 334 g/mol. The maximum Gasteiger partial charge on any atom is 0.307 e. The van der Waals surface area contributed by atoms with Crippen molar-refractivity contribution in [2.45, 2.75) is 24.1 Å². The van der Waals surface area contributed by atoms with Crippen molar-refractivity contribution in [1.82, 2.24) is 0 Å². The number of epoxide rings is 1. The van der Waals surface area contributed by atoms with Gasteiger partial charge in [-0.25, -0.2) is 0 Å². The fraction of sp³-hybridized carbons (Fsp3) is 0.200. The highest BCUT2D eigenvalue weighted by molar-refractivity contribution is 5.94. The number of fused-ring (bicyclic) bond motifs is 4. The molecule has 1 fully saturated rings. The Balaban J connectivity index is 1.63. The lowest BCUT2D eigenvalue weighted by atomic mass is 9.83. The van der Waals surface area contributed by atoms with Crippen molar-refractivity contribution in [1.29, 1.82) is 0 Å². The van der Waals surface area contributed by atoms with Gasteiger partial charge in [0.2, 0.25) is 0 Å². The molecule has 3 aromatic carbocycles. The SMILES string of the molecule is Oc1cccc2c1[C@@H](O)[C@@H]1O[C@@H]1C21Oc2cccc3cccc(c23)O1. The first-order valence-corrected chi connectivity index (χ1v) is 8.25. The molecule has 3 aliphatic rings. The third kappa shape index (κ3) is 1.55. The topological polar surface area (TPSA) is 71.5 Å². The number of benzene rings is 3. The van der Waals surface area contributed by atoms with E-state index in [1.807, 2.05) is 42.5 Å². The van der Waals surface area contributed by atoms with E-state index < -0.39 is 24.1 Å². The second-order valence-corrected chi connectivity index (χ2v) is 6.69. The van der Waals surface area contributed by atoms with Gasteiger partial charge in [0, 0.05) is 11.1 Å². The van der Waals surface area contributed by atoms with Crippen LogP contribution in [0.15, 0.2) is 54.6 Å². The minimum absolute atomic E-state index is 0.0163. The Hall–Kier alpha value is -2.76. The fourth-order valence-electron chi connectivity index (χ4n) is 4.17. The second kappa shape index (κ2) is 4.25. The van der Waals surface area contributed by atoms with Gasteiger partial charge in [0.15, 0.2) is 6.10 Å². The Kier molecular flexibility index (Phi) is 2.30. The van der Waals surface area contributed by atoms with E-state index in [0.29, 0.717) is 22.6 Å².